The zero-order valence-corrected chi connectivity index (χ0v) is 11.7. The second-order valence-electron chi connectivity index (χ2n) is 4.13. The van der Waals surface area contributed by atoms with Crippen LogP contribution in [-0.4, -0.2) is 29.5 Å². The van der Waals surface area contributed by atoms with Crippen LogP contribution in [0.5, 0.6) is 0 Å². The van der Waals surface area contributed by atoms with Crippen LogP contribution in [0, 0.1) is 0 Å². The first kappa shape index (κ1) is 13.5. The molecule has 5 nitrogen and oxygen atoms in total. The highest BCUT2D eigenvalue weighted by Gasteiger charge is 2.13. The lowest BCUT2D eigenvalue weighted by atomic mass is 10.2. The highest BCUT2D eigenvalue weighted by atomic mass is 32.1. The van der Waals surface area contributed by atoms with Crippen LogP contribution in [0.4, 0.5) is 5.82 Å². The summed E-state index contributed by atoms with van der Waals surface area (Å²) < 4.78 is 0. The number of carbonyl (C=O) groups is 1. The third kappa shape index (κ3) is 3.29. The molecule has 0 aliphatic rings. The molecule has 2 heterocycles. The van der Waals surface area contributed by atoms with Gasteiger partial charge < -0.3 is 10.6 Å². The largest absolute Gasteiger partial charge is 0.372 e. The summed E-state index contributed by atoms with van der Waals surface area (Å²) in [7, 11) is 1.75. The highest BCUT2D eigenvalue weighted by Crippen LogP contribution is 2.17. The van der Waals surface area contributed by atoms with E-state index in [4.69, 9.17) is 0 Å². The Morgan fingerprint density at radius 2 is 2.26 bits per heavy atom. The first-order valence-electron chi connectivity index (χ1n) is 6.02. The fraction of sp³-hybridized carbons (Fsp3) is 0.308. The van der Waals surface area contributed by atoms with Crippen LogP contribution in [0.3, 0.4) is 0 Å². The lowest BCUT2D eigenvalue weighted by Crippen LogP contribution is -2.28. The summed E-state index contributed by atoms with van der Waals surface area (Å²) in [4.78, 5) is 20.4. The van der Waals surface area contributed by atoms with Gasteiger partial charge in [0.05, 0.1) is 10.6 Å². The van der Waals surface area contributed by atoms with Crippen molar-refractivity contribution in [1.29, 1.82) is 0 Å². The minimum atomic E-state index is -0.124. The standard InChI is InChI=1S/C13H16N4OS/c1-9(13-16-6-7-19-13)8-17-12(18)10-4-3-5-15-11(10)14-2/h3-7,9H,8H2,1-2H3,(H,14,15)(H,17,18). The molecule has 6 heteroatoms. The van der Waals surface area contributed by atoms with Crippen molar-refractivity contribution in [2.24, 2.45) is 0 Å². The maximum atomic E-state index is 12.1. The quantitative estimate of drug-likeness (QED) is 0.877. The Bertz CT molecular complexity index is 541. The molecule has 0 fully saturated rings. The number of nitrogens with one attached hydrogen (secondary N) is 2. The first-order valence-corrected chi connectivity index (χ1v) is 6.90. The summed E-state index contributed by atoms with van der Waals surface area (Å²) in [5, 5.41) is 8.79. The van der Waals surface area contributed by atoms with Gasteiger partial charge in [-0.2, -0.15) is 0 Å². The van der Waals surface area contributed by atoms with E-state index < -0.39 is 0 Å². The molecule has 100 valence electrons. The predicted molar refractivity (Wildman–Crippen MR) is 76.6 cm³/mol. The molecule has 1 unspecified atom stereocenters. The molecule has 0 saturated heterocycles. The Hall–Kier alpha value is -1.95. The zero-order valence-electron chi connectivity index (χ0n) is 10.9. The van der Waals surface area contributed by atoms with Crippen molar-refractivity contribution >= 4 is 23.1 Å². The number of hydrogen-bond acceptors (Lipinski definition) is 5. The SMILES string of the molecule is CNc1ncccc1C(=O)NCC(C)c1nccs1. The number of hydrogen-bond donors (Lipinski definition) is 2. The van der Waals surface area contributed by atoms with E-state index in [1.54, 1.807) is 42.9 Å². The zero-order chi connectivity index (χ0) is 13.7. The average molecular weight is 276 g/mol. The number of amides is 1. The summed E-state index contributed by atoms with van der Waals surface area (Å²) in [5.74, 6) is 0.668. The molecule has 0 aliphatic heterocycles. The topological polar surface area (TPSA) is 66.9 Å². The second kappa shape index (κ2) is 6.29. The summed E-state index contributed by atoms with van der Waals surface area (Å²) in [5.41, 5.74) is 0.552. The first-order chi connectivity index (χ1) is 9.22. The number of rotatable bonds is 5. The number of aromatic nitrogens is 2. The van der Waals surface area contributed by atoms with Gasteiger partial charge in [0.15, 0.2) is 0 Å². The molecule has 0 radical (unpaired) electrons. The summed E-state index contributed by atoms with van der Waals surface area (Å²) in [6.45, 7) is 2.60. The maximum Gasteiger partial charge on any atom is 0.255 e. The van der Waals surface area contributed by atoms with E-state index in [9.17, 15) is 4.79 Å². The van der Waals surface area contributed by atoms with Crippen LogP contribution >= 0.6 is 11.3 Å². The van der Waals surface area contributed by atoms with Gasteiger partial charge in [-0.1, -0.05) is 6.92 Å². The smallest absolute Gasteiger partial charge is 0.255 e. The molecule has 2 N–H and O–H groups in total. The lowest BCUT2D eigenvalue weighted by molar-refractivity contribution is 0.0952. The number of anilines is 1. The van der Waals surface area contributed by atoms with Gasteiger partial charge in [-0.05, 0) is 12.1 Å². The third-order valence-corrected chi connectivity index (χ3v) is 3.74. The van der Waals surface area contributed by atoms with E-state index in [0.29, 0.717) is 17.9 Å². The molecular weight excluding hydrogens is 260 g/mol. The molecule has 19 heavy (non-hydrogen) atoms. The van der Waals surface area contributed by atoms with Gasteiger partial charge in [-0.25, -0.2) is 9.97 Å². The number of pyridine rings is 1. The molecule has 0 spiro atoms. The summed E-state index contributed by atoms with van der Waals surface area (Å²) in [6.07, 6.45) is 3.43. The maximum absolute atomic E-state index is 12.1. The fourth-order valence-corrected chi connectivity index (χ4v) is 2.39. The predicted octanol–water partition coefficient (Wildman–Crippen LogP) is 2.11. The average Bonchev–Trinajstić information content (AvgIpc) is 2.98. The van der Waals surface area contributed by atoms with Crippen molar-refractivity contribution in [3.63, 3.8) is 0 Å². The fourth-order valence-electron chi connectivity index (χ4n) is 1.69. The van der Waals surface area contributed by atoms with Crippen molar-refractivity contribution in [3.05, 3.63) is 40.5 Å². The molecule has 1 amide bonds. The Morgan fingerprint density at radius 3 is 2.95 bits per heavy atom. The molecule has 2 aromatic heterocycles. The van der Waals surface area contributed by atoms with Crippen molar-refractivity contribution in [2.45, 2.75) is 12.8 Å². The van der Waals surface area contributed by atoms with Crippen LogP contribution < -0.4 is 10.6 Å². The minimum Gasteiger partial charge on any atom is -0.372 e. The van der Waals surface area contributed by atoms with Crippen molar-refractivity contribution in [3.8, 4) is 0 Å². The monoisotopic (exact) mass is 276 g/mol. The highest BCUT2D eigenvalue weighted by molar-refractivity contribution is 7.09. The molecule has 1 atom stereocenters. The molecule has 0 bridgehead atoms. The van der Waals surface area contributed by atoms with Gasteiger partial charge in [0.1, 0.15) is 5.82 Å². The molecule has 0 aliphatic carbocycles. The van der Waals surface area contributed by atoms with Gasteiger partial charge in [0, 0.05) is 37.3 Å². The van der Waals surface area contributed by atoms with E-state index in [1.165, 1.54) is 0 Å². The van der Waals surface area contributed by atoms with E-state index in [0.717, 1.165) is 5.01 Å². The van der Waals surface area contributed by atoms with Gasteiger partial charge >= 0.3 is 0 Å². The van der Waals surface area contributed by atoms with E-state index in [2.05, 4.69) is 20.6 Å². The van der Waals surface area contributed by atoms with E-state index in [1.807, 2.05) is 12.3 Å². The normalized spacial score (nSPS) is 11.9. The number of nitrogens with zero attached hydrogens (tertiary/aromatic N) is 2. The van der Waals surface area contributed by atoms with Gasteiger partial charge in [-0.3, -0.25) is 4.79 Å². The van der Waals surface area contributed by atoms with Crippen LogP contribution in [0.2, 0.25) is 0 Å². The van der Waals surface area contributed by atoms with E-state index in [-0.39, 0.29) is 11.8 Å². The Labute approximate surface area is 116 Å². The molecular formula is C13H16N4OS. The minimum absolute atomic E-state index is 0.124. The van der Waals surface area contributed by atoms with Crippen molar-refractivity contribution < 1.29 is 4.79 Å². The van der Waals surface area contributed by atoms with Gasteiger partial charge in [0.25, 0.3) is 5.91 Å². The van der Waals surface area contributed by atoms with Crippen LogP contribution in [0.15, 0.2) is 29.9 Å². The molecule has 2 rings (SSSR count). The number of thiazole rings is 1. The van der Waals surface area contributed by atoms with Gasteiger partial charge in [0.2, 0.25) is 0 Å². The Balaban J connectivity index is 1.98. The van der Waals surface area contributed by atoms with Crippen LogP contribution in [-0.2, 0) is 0 Å². The molecule has 2 aromatic rings. The molecule has 0 saturated carbocycles. The van der Waals surface area contributed by atoms with Gasteiger partial charge in [-0.15, -0.1) is 11.3 Å². The Morgan fingerprint density at radius 1 is 1.42 bits per heavy atom. The second-order valence-corrected chi connectivity index (χ2v) is 5.06. The van der Waals surface area contributed by atoms with Crippen LogP contribution in [0.25, 0.3) is 0 Å². The summed E-state index contributed by atoms with van der Waals surface area (Å²) in [6, 6.07) is 3.50. The van der Waals surface area contributed by atoms with Crippen molar-refractivity contribution in [2.75, 3.05) is 18.9 Å². The summed E-state index contributed by atoms with van der Waals surface area (Å²) >= 11 is 1.60. The lowest BCUT2D eigenvalue weighted by Gasteiger charge is -2.11. The van der Waals surface area contributed by atoms with Crippen LogP contribution in [0.1, 0.15) is 28.2 Å². The third-order valence-electron chi connectivity index (χ3n) is 2.73. The van der Waals surface area contributed by atoms with E-state index >= 15 is 0 Å². The number of carbonyl (C=O) groups excluding carboxylic acids is 1. The Kier molecular flexibility index (Phi) is 4.46. The molecule has 0 aromatic carbocycles. The van der Waals surface area contributed by atoms with Crippen molar-refractivity contribution in [1.82, 2.24) is 15.3 Å².